The third-order valence-electron chi connectivity index (χ3n) is 2.12. The first-order valence-corrected chi connectivity index (χ1v) is 6.23. The predicted octanol–water partition coefficient (Wildman–Crippen LogP) is 4.42. The van der Waals surface area contributed by atoms with Crippen LogP contribution in [-0.2, 0) is 0 Å². The van der Waals surface area contributed by atoms with Crippen LogP contribution in [0.2, 0.25) is 0 Å². The molecule has 1 rings (SSSR count). The Labute approximate surface area is 106 Å². The summed E-state index contributed by atoms with van der Waals surface area (Å²) in [6, 6.07) is 6.53. The van der Waals surface area contributed by atoms with Crippen molar-refractivity contribution in [2.24, 2.45) is 0 Å². The van der Waals surface area contributed by atoms with Crippen molar-refractivity contribution in [1.29, 1.82) is 0 Å². The quantitative estimate of drug-likeness (QED) is 0.791. The van der Waals surface area contributed by atoms with Crippen LogP contribution in [0.15, 0.2) is 18.2 Å². The fraction of sp³-hybridized carbons (Fsp3) is 0.600. The number of rotatable bonds is 2. The first-order valence-electron chi connectivity index (χ1n) is 6.23. The van der Waals surface area contributed by atoms with Gasteiger partial charge >= 0.3 is 0 Å². The van der Waals surface area contributed by atoms with Gasteiger partial charge in [-0.2, -0.15) is 0 Å². The molecule has 0 radical (unpaired) electrons. The largest absolute Gasteiger partial charge is 0.380 e. The zero-order valence-electron chi connectivity index (χ0n) is 12.2. The molecule has 0 aliphatic carbocycles. The van der Waals surface area contributed by atoms with Gasteiger partial charge in [0.25, 0.3) is 0 Å². The molecule has 0 heterocycles. The van der Waals surface area contributed by atoms with Crippen molar-refractivity contribution in [1.82, 2.24) is 0 Å². The van der Waals surface area contributed by atoms with Crippen LogP contribution in [0.4, 0.5) is 11.4 Å². The lowest BCUT2D eigenvalue weighted by atomic mass is 10.1. The summed E-state index contributed by atoms with van der Waals surface area (Å²) in [5.41, 5.74) is 3.79. The van der Waals surface area contributed by atoms with E-state index in [1.54, 1.807) is 0 Å². The zero-order valence-corrected chi connectivity index (χ0v) is 12.2. The summed E-state index contributed by atoms with van der Waals surface area (Å²) in [6.07, 6.45) is 0. The number of nitrogens with one attached hydrogen (secondary N) is 2. The summed E-state index contributed by atoms with van der Waals surface area (Å²) in [5, 5.41) is 7.02. The second-order valence-electron chi connectivity index (χ2n) is 6.84. The molecule has 0 unspecified atom stereocenters. The third-order valence-corrected chi connectivity index (χ3v) is 2.12. The van der Waals surface area contributed by atoms with Crippen LogP contribution in [-0.4, -0.2) is 11.1 Å². The number of benzene rings is 1. The fourth-order valence-electron chi connectivity index (χ4n) is 1.79. The molecule has 1 aromatic carbocycles. The highest BCUT2D eigenvalue weighted by Crippen LogP contribution is 2.23. The number of aryl methyl sites for hydroxylation is 1. The van der Waals surface area contributed by atoms with Gasteiger partial charge in [-0.1, -0.05) is 0 Å². The van der Waals surface area contributed by atoms with E-state index >= 15 is 0 Å². The van der Waals surface area contributed by atoms with Crippen LogP contribution in [0.5, 0.6) is 0 Å². The molecule has 17 heavy (non-hydrogen) atoms. The Hall–Kier alpha value is -1.18. The highest BCUT2D eigenvalue weighted by atomic mass is 15.0. The van der Waals surface area contributed by atoms with Gasteiger partial charge in [0.15, 0.2) is 0 Å². The molecule has 0 fully saturated rings. The highest BCUT2D eigenvalue weighted by Gasteiger charge is 2.12. The van der Waals surface area contributed by atoms with E-state index in [0.717, 1.165) is 0 Å². The van der Waals surface area contributed by atoms with E-state index in [0.29, 0.717) is 0 Å². The molecule has 0 amide bonds. The number of anilines is 2. The van der Waals surface area contributed by atoms with Gasteiger partial charge in [-0.15, -0.1) is 0 Å². The first kappa shape index (κ1) is 13.9. The number of hydrogen-bond donors (Lipinski definition) is 2. The van der Waals surface area contributed by atoms with Gasteiger partial charge in [0, 0.05) is 22.5 Å². The molecule has 2 heteroatoms. The molecule has 0 spiro atoms. The van der Waals surface area contributed by atoms with Gasteiger partial charge in [0.1, 0.15) is 0 Å². The van der Waals surface area contributed by atoms with E-state index in [1.807, 2.05) is 0 Å². The van der Waals surface area contributed by atoms with Gasteiger partial charge in [-0.05, 0) is 72.2 Å². The molecule has 0 aromatic heterocycles. The van der Waals surface area contributed by atoms with Crippen molar-refractivity contribution in [2.45, 2.75) is 59.5 Å². The maximum Gasteiger partial charge on any atom is 0.0367 e. The second-order valence-corrected chi connectivity index (χ2v) is 6.84. The molecule has 0 aliphatic rings. The molecule has 0 bridgehead atoms. The Kier molecular flexibility index (Phi) is 3.75. The Balaban J connectivity index is 2.95. The first-order chi connectivity index (χ1) is 7.55. The monoisotopic (exact) mass is 234 g/mol. The van der Waals surface area contributed by atoms with Crippen molar-refractivity contribution >= 4 is 11.4 Å². The Morgan fingerprint density at radius 1 is 0.706 bits per heavy atom. The molecule has 0 saturated heterocycles. The van der Waals surface area contributed by atoms with Crippen molar-refractivity contribution < 1.29 is 0 Å². The van der Waals surface area contributed by atoms with Crippen LogP contribution in [0, 0.1) is 6.92 Å². The molecule has 2 nitrogen and oxygen atoms in total. The van der Waals surface area contributed by atoms with E-state index in [1.165, 1.54) is 16.9 Å². The number of hydrogen-bond acceptors (Lipinski definition) is 2. The highest BCUT2D eigenvalue weighted by molar-refractivity contribution is 5.60. The lowest BCUT2D eigenvalue weighted by Crippen LogP contribution is -2.27. The normalized spacial score (nSPS) is 12.4. The lowest BCUT2D eigenvalue weighted by Gasteiger charge is -2.26. The topological polar surface area (TPSA) is 24.1 Å². The van der Waals surface area contributed by atoms with Gasteiger partial charge in [0.2, 0.25) is 0 Å². The lowest BCUT2D eigenvalue weighted by molar-refractivity contribution is 0.631. The van der Waals surface area contributed by atoms with Gasteiger partial charge in [-0.3, -0.25) is 0 Å². The molecule has 1 aromatic rings. The Bertz CT molecular complexity index is 347. The maximum atomic E-state index is 3.51. The van der Waals surface area contributed by atoms with Crippen LogP contribution in [0.25, 0.3) is 0 Å². The standard InChI is InChI=1S/C15H26N2/c1-11-8-12(16-14(2,3)4)10-13(9-11)17-15(5,6)7/h8-10,16-17H,1-7H3. The molecule has 0 saturated carbocycles. The van der Waals surface area contributed by atoms with E-state index < -0.39 is 0 Å². The van der Waals surface area contributed by atoms with Crippen LogP contribution < -0.4 is 10.6 Å². The van der Waals surface area contributed by atoms with Crippen molar-refractivity contribution in [3.63, 3.8) is 0 Å². The smallest absolute Gasteiger partial charge is 0.0367 e. The molecular weight excluding hydrogens is 208 g/mol. The van der Waals surface area contributed by atoms with Crippen molar-refractivity contribution in [3.8, 4) is 0 Å². The second kappa shape index (κ2) is 4.59. The van der Waals surface area contributed by atoms with Gasteiger partial charge in [0.05, 0.1) is 0 Å². The SMILES string of the molecule is Cc1cc(NC(C)(C)C)cc(NC(C)(C)C)c1. The summed E-state index contributed by atoms with van der Waals surface area (Å²) >= 11 is 0. The third kappa shape index (κ3) is 5.62. The summed E-state index contributed by atoms with van der Waals surface area (Å²) in [5.74, 6) is 0. The van der Waals surface area contributed by atoms with Crippen molar-refractivity contribution in [3.05, 3.63) is 23.8 Å². The average Bonchev–Trinajstić information content (AvgIpc) is 1.93. The molecule has 96 valence electrons. The van der Waals surface area contributed by atoms with E-state index in [4.69, 9.17) is 0 Å². The minimum Gasteiger partial charge on any atom is -0.380 e. The fourth-order valence-corrected chi connectivity index (χ4v) is 1.79. The average molecular weight is 234 g/mol. The van der Waals surface area contributed by atoms with E-state index in [2.05, 4.69) is 77.3 Å². The van der Waals surface area contributed by atoms with E-state index in [-0.39, 0.29) is 11.1 Å². The maximum absolute atomic E-state index is 3.51. The summed E-state index contributed by atoms with van der Waals surface area (Å²) in [7, 11) is 0. The zero-order chi connectivity index (χ0) is 13.3. The summed E-state index contributed by atoms with van der Waals surface area (Å²) in [4.78, 5) is 0. The Morgan fingerprint density at radius 2 is 1.06 bits per heavy atom. The minimum absolute atomic E-state index is 0.0901. The Morgan fingerprint density at radius 3 is 1.35 bits per heavy atom. The molecule has 0 aliphatic heterocycles. The summed E-state index contributed by atoms with van der Waals surface area (Å²) < 4.78 is 0. The van der Waals surface area contributed by atoms with Crippen LogP contribution in [0.3, 0.4) is 0 Å². The van der Waals surface area contributed by atoms with Gasteiger partial charge < -0.3 is 10.6 Å². The minimum atomic E-state index is 0.0901. The molecule has 2 N–H and O–H groups in total. The van der Waals surface area contributed by atoms with Crippen LogP contribution in [0.1, 0.15) is 47.1 Å². The van der Waals surface area contributed by atoms with E-state index in [9.17, 15) is 0 Å². The molecular formula is C15H26N2. The van der Waals surface area contributed by atoms with Crippen molar-refractivity contribution in [2.75, 3.05) is 10.6 Å². The predicted molar refractivity (Wildman–Crippen MR) is 77.9 cm³/mol. The van der Waals surface area contributed by atoms with Crippen LogP contribution >= 0.6 is 0 Å². The van der Waals surface area contributed by atoms with Gasteiger partial charge in [-0.25, -0.2) is 0 Å². The summed E-state index contributed by atoms with van der Waals surface area (Å²) in [6.45, 7) is 15.2. The molecule has 0 atom stereocenters.